The quantitative estimate of drug-likeness (QED) is 0.220. The molecule has 0 aromatic carbocycles. The van der Waals surface area contributed by atoms with E-state index in [0.717, 1.165) is 55.7 Å². The van der Waals surface area contributed by atoms with Gasteiger partial charge < -0.3 is 19.5 Å². The average Bonchev–Trinajstić information content (AvgIpc) is 3.43. The molecule has 3 rings (SSSR count). The van der Waals surface area contributed by atoms with Gasteiger partial charge in [0, 0.05) is 39.1 Å². The standard InChI is InChI=1S/C21H36N6O2S/c1-4-29-19(28)16-9-8-14-26(15-16)20(22-2)23-13-7-12-18-24-25-21(30-3)27(18)17-10-5-6-11-17/h16-17H,4-15H2,1-3H3,(H,22,23). The lowest BCUT2D eigenvalue weighted by molar-refractivity contribution is -0.149. The molecule has 30 heavy (non-hydrogen) atoms. The van der Waals surface area contributed by atoms with Crippen molar-refractivity contribution in [3.8, 4) is 0 Å². The number of carbonyl (C=O) groups is 1. The molecule has 0 spiro atoms. The number of aromatic nitrogens is 3. The van der Waals surface area contributed by atoms with E-state index in [4.69, 9.17) is 4.74 Å². The van der Waals surface area contributed by atoms with Crippen LogP contribution >= 0.6 is 11.8 Å². The van der Waals surface area contributed by atoms with Gasteiger partial charge in [-0.3, -0.25) is 9.79 Å². The Bertz CT molecular complexity index is 716. The van der Waals surface area contributed by atoms with Gasteiger partial charge in [-0.1, -0.05) is 24.6 Å². The van der Waals surface area contributed by atoms with Gasteiger partial charge in [-0.05, 0) is 45.3 Å². The number of thioether (sulfide) groups is 1. The number of nitrogens with zero attached hydrogens (tertiary/aromatic N) is 5. The first-order valence-corrected chi connectivity index (χ1v) is 12.5. The molecule has 1 atom stereocenters. The van der Waals surface area contributed by atoms with Gasteiger partial charge in [-0.15, -0.1) is 10.2 Å². The van der Waals surface area contributed by atoms with Crippen molar-refractivity contribution < 1.29 is 9.53 Å². The van der Waals surface area contributed by atoms with Crippen molar-refractivity contribution >= 4 is 23.7 Å². The molecule has 1 aromatic rings. The summed E-state index contributed by atoms with van der Waals surface area (Å²) in [5.41, 5.74) is 0. The maximum absolute atomic E-state index is 12.1. The van der Waals surface area contributed by atoms with Crippen LogP contribution in [0.15, 0.2) is 10.1 Å². The van der Waals surface area contributed by atoms with Crippen LogP contribution in [-0.2, 0) is 16.0 Å². The van der Waals surface area contributed by atoms with Crippen molar-refractivity contribution in [1.82, 2.24) is 25.0 Å². The third kappa shape index (κ3) is 5.68. The molecule has 9 heteroatoms. The van der Waals surface area contributed by atoms with Gasteiger partial charge >= 0.3 is 5.97 Å². The average molecular weight is 437 g/mol. The van der Waals surface area contributed by atoms with Crippen molar-refractivity contribution in [2.45, 2.75) is 69.5 Å². The Kier molecular flexibility index (Phi) is 8.84. The van der Waals surface area contributed by atoms with Crippen molar-refractivity contribution in [3.05, 3.63) is 5.82 Å². The Hall–Kier alpha value is -1.77. The fraction of sp³-hybridized carbons (Fsp3) is 0.810. The summed E-state index contributed by atoms with van der Waals surface area (Å²) in [4.78, 5) is 18.7. The summed E-state index contributed by atoms with van der Waals surface area (Å²) in [5, 5.41) is 13.4. The van der Waals surface area contributed by atoms with E-state index < -0.39 is 0 Å². The number of nitrogens with one attached hydrogen (secondary N) is 1. The fourth-order valence-corrected chi connectivity index (χ4v) is 5.12. The van der Waals surface area contributed by atoms with Crippen LogP contribution in [0.1, 0.15) is 63.7 Å². The summed E-state index contributed by atoms with van der Waals surface area (Å²) in [7, 11) is 1.80. The molecule has 1 aromatic heterocycles. The first-order chi connectivity index (χ1) is 14.7. The maximum atomic E-state index is 12.1. The fourth-order valence-electron chi connectivity index (χ4n) is 4.55. The molecule has 1 unspecified atom stereocenters. The van der Waals surface area contributed by atoms with Crippen LogP contribution in [0, 0.1) is 5.92 Å². The van der Waals surface area contributed by atoms with E-state index in [0.29, 0.717) is 19.2 Å². The van der Waals surface area contributed by atoms with Crippen LogP contribution in [0.2, 0.25) is 0 Å². The largest absolute Gasteiger partial charge is 0.466 e. The molecular formula is C21H36N6O2S. The molecular weight excluding hydrogens is 400 g/mol. The SMILES string of the molecule is CCOC(=O)C1CCCN(C(=NC)NCCCc2nnc(SC)n2C2CCCC2)C1. The minimum Gasteiger partial charge on any atom is -0.466 e. The number of carbonyl (C=O) groups excluding carboxylic acids is 1. The highest BCUT2D eigenvalue weighted by atomic mass is 32.2. The normalized spacial score (nSPS) is 20.6. The van der Waals surface area contributed by atoms with Crippen molar-refractivity contribution in [2.24, 2.45) is 10.9 Å². The maximum Gasteiger partial charge on any atom is 0.310 e. The van der Waals surface area contributed by atoms with Gasteiger partial charge in [-0.25, -0.2) is 0 Å². The van der Waals surface area contributed by atoms with E-state index in [2.05, 4.69) is 36.2 Å². The summed E-state index contributed by atoms with van der Waals surface area (Å²) in [5.74, 6) is 1.81. The van der Waals surface area contributed by atoms with Crippen molar-refractivity contribution in [2.75, 3.05) is 39.5 Å². The van der Waals surface area contributed by atoms with E-state index in [9.17, 15) is 4.79 Å². The van der Waals surface area contributed by atoms with Crippen LogP contribution in [0.5, 0.6) is 0 Å². The summed E-state index contributed by atoms with van der Waals surface area (Å²) in [6.07, 6.45) is 10.9. The first-order valence-electron chi connectivity index (χ1n) is 11.3. The number of guanidine groups is 1. The molecule has 1 N–H and O–H groups in total. The van der Waals surface area contributed by atoms with Gasteiger partial charge in [0.25, 0.3) is 0 Å². The number of piperidine rings is 1. The lowest BCUT2D eigenvalue weighted by Gasteiger charge is -2.34. The minimum absolute atomic E-state index is 0.0628. The van der Waals surface area contributed by atoms with Crippen LogP contribution in [-0.4, -0.2) is 71.1 Å². The van der Waals surface area contributed by atoms with Gasteiger partial charge in [0.15, 0.2) is 11.1 Å². The summed E-state index contributed by atoms with van der Waals surface area (Å²) in [6.45, 7) is 4.70. The van der Waals surface area contributed by atoms with E-state index in [-0.39, 0.29) is 11.9 Å². The monoisotopic (exact) mass is 436 g/mol. The van der Waals surface area contributed by atoms with E-state index in [1.54, 1.807) is 18.8 Å². The van der Waals surface area contributed by atoms with Gasteiger partial charge in [0.1, 0.15) is 5.82 Å². The number of hydrogen-bond donors (Lipinski definition) is 1. The molecule has 0 amide bonds. The van der Waals surface area contributed by atoms with E-state index >= 15 is 0 Å². The smallest absolute Gasteiger partial charge is 0.310 e. The van der Waals surface area contributed by atoms with Crippen molar-refractivity contribution in [3.63, 3.8) is 0 Å². The Balaban J connectivity index is 1.50. The number of hydrogen-bond acceptors (Lipinski definition) is 6. The lowest BCUT2D eigenvalue weighted by atomic mass is 9.98. The highest BCUT2D eigenvalue weighted by molar-refractivity contribution is 7.98. The molecule has 1 aliphatic heterocycles. The Morgan fingerprint density at radius 1 is 1.27 bits per heavy atom. The predicted molar refractivity (Wildman–Crippen MR) is 120 cm³/mol. The summed E-state index contributed by atoms with van der Waals surface area (Å²) < 4.78 is 7.59. The van der Waals surface area contributed by atoms with E-state index in [1.165, 1.54) is 25.7 Å². The second-order valence-corrected chi connectivity index (χ2v) is 8.80. The topological polar surface area (TPSA) is 84.6 Å². The molecule has 2 heterocycles. The molecule has 2 fully saturated rings. The zero-order valence-electron chi connectivity index (χ0n) is 18.6. The third-order valence-electron chi connectivity index (χ3n) is 6.02. The van der Waals surface area contributed by atoms with Crippen LogP contribution in [0.3, 0.4) is 0 Å². The predicted octanol–water partition coefficient (Wildman–Crippen LogP) is 2.90. The number of ether oxygens (including phenoxy) is 1. The van der Waals surface area contributed by atoms with Gasteiger partial charge in [0.05, 0.1) is 12.5 Å². The van der Waals surface area contributed by atoms with E-state index in [1.807, 2.05) is 6.92 Å². The van der Waals surface area contributed by atoms with Crippen LogP contribution in [0.4, 0.5) is 0 Å². The minimum atomic E-state index is -0.0894. The molecule has 1 aliphatic carbocycles. The molecule has 8 nitrogen and oxygen atoms in total. The number of aryl methyl sites for hydroxylation is 1. The first kappa shape index (κ1) is 22.9. The number of aliphatic imine (C=N–C) groups is 1. The van der Waals surface area contributed by atoms with Gasteiger partial charge in [0.2, 0.25) is 0 Å². The van der Waals surface area contributed by atoms with Gasteiger partial charge in [-0.2, -0.15) is 0 Å². The number of likely N-dealkylation sites (tertiary alicyclic amines) is 1. The highest BCUT2D eigenvalue weighted by Crippen LogP contribution is 2.33. The zero-order valence-corrected chi connectivity index (χ0v) is 19.4. The molecule has 2 aliphatic rings. The summed E-state index contributed by atoms with van der Waals surface area (Å²) in [6, 6.07) is 0.561. The lowest BCUT2D eigenvalue weighted by Crippen LogP contribution is -2.48. The Labute approximate surface area is 184 Å². The number of rotatable bonds is 8. The molecule has 0 radical (unpaired) electrons. The highest BCUT2D eigenvalue weighted by Gasteiger charge is 2.28. The molecule has 1 saturated carbocycles. The molecule has 0 bridgehead atoms. The Morgan fingerprint density at radius 3 is 2.77 bits per heavy atom. The second-order valence-electron chi connectivity index (χ2n) is 8.03. The zero-order chi connectivity index (χ0) is 21.3. The molecule has 1 saturated heterocycles. The summed E-state index contributed by atoms with van der Waals surface area (Å²) >= 11 is 1.69. The third-order valence-corrected chi connectivity index (χ3v) is 6.66. The molecule has 168 valence electrons. The number of esters is 1. The Morgan fingerprint density at radius 2 is 2.07 bits per heavy atom. The second kappa shape index (κ2) is 11.6. The van der Waals surface area contributed by atoms with Crippen LogP contribution in [0.25, 0.3) is 0 Å². The van der Waals surface area contributed by atoms with Crippen molar-refractivity contribution in [1.29, 1.82) is 0 Å². The van der Waals surface area contributed by atoms with Crippen LogP contribution < -0.4 is 5.32 Å².